The summed E-state index contributed by atoms with van der Waals surface area (Å²) >= 11 is 0. The standard InChI is InChI=1S/C29H36FN3O3/c1-36-24-8-10-28-26(18-24)25(11-14-32-28)27(30)9-7-22-12-16-33(20-23(22)17-29(34)35)15-3-2-5-21-6-4-13-31-19-21/h4,6,8,10-11,13-14,18-19,22-23,27H,2-3,5,7,9,12,15-17,20H2,1H3,(H,34,35)/t22-,23+,27+/m1/s1. The molecule has 4 rings (SSSR count). The van der Waals surface area contributed by atoms with Gasteiger partial charge in [0.1, 0.15) is 11.9 Å². The van der Waals surface area contributed by atoms with E-state index in [0.717, 1.165) is 56.2 Å². The number of alkyl halides is 1. The number of methoxy groups -OCH3 is 1. The van der Waals surface area contributed by atoms with Crippen molar-refractivity contribution in [3.8, 4) is 5.75 Å². The Kier molecular flexibility index (Phi) is 9.23. The number of aryl methyl sites for hydroxylation is 1. The highest BCUT2D eigenvalue weighted by Gasteiger charge is 2.31. The smallest absolute Gasteiger partial charge is 0.303 e. The molecule has 1 N–H and O–H groups in total. The minimum Gasteiger partial charge on any atom is -0.497 e. The fraction of sp³-hybridized carbons (Fsp3) is 0.483. The third kappa shape index (κ3) is 7.00. The third-order valence-corrected chi connectivity index (χ3v) is 7.44. The Hall–Kier alpha value is -3.06. The second-order valence-electron chi connectivity index (χ2n) is 9.85. The van der Waals surface area contributed by atoms with Crippen LogP contribution in [-0.4, -0.2) is 52.7 Å². The van der Waals surface area contributed by atoms with Crippen LogP contribution in [0.4, 0.5) is 4.39 Å². The summed E-state index contributed by atoms with van der Waals surface area (Å²) < 4.78 is 20.8. The molecule has 36 heavy (non-hydrogen) atoms. The summed E-state index contributed by atoms with van der Waals surface area (Å²) in [7, 11) is 1.60. The number of halogens is 1. The zero-order chi connectivity index (χ0) is 25.3. The predicted molar refractivity (Wildman–Crippen MR) is 139 cm³/mol. The number of pyridine rings is 2. The molecule has 6 nitrogen and oxygen atoms in total. The van der Waals surface area contributed by atoms with E-state index < -0.39 is 12.1 Å². The van der Waals surface area contributed by atoms with Gasteiger partial charge in [0.05, 0.1) is 12.6 Å². The van der Waals surface area contributed by atoms with Crippen molar-refractivity contribution < 1.29 is 19.0 Å². The van der Waals surface area contributed by atoms with Gasteiger partial charge in [0.25, 0.3) is 0 Å². The number of hydrogen-bond donors (Lipinski definition) is 1. The number of likely N-dealkylation sites (tertiary alicyclic amines) is 1. The Morgan fingerprint density at radius 1 is 1.22 bits per heavy atom. The van der Waals surface area contributed by atoms with E-state index >= 15 is 4.39 Å². The first-order chi connectivity index (χ1) is 17.5. The first kappa shape index (κ1) is 26.0. The van der Waals surface area contributed by atoms with Gasteiger partial charge < -0.3 is 14.7 Å². The highest BCUT2D eigenvalue weighted by molar-refractivity contribution is 5.83. The van der Waals surface area contributed by atoms with E-state index in [0.29, 0.717) is 24.2 Å². The summed E-state index contributed by atoms with van der Waals surface area (Å²) in [5, 5.41) is 10.3. The molecule has 0 amide bonds. The van der Waals surface area contributed by atoms with Crippen LogP contribution >= 0.6 is 0 Å². The molecule has 1 aromatic carbocycles. The molecular formula is C29H36FN3O3. The second-order valence-corrected chi connectivity index (χ2v) is 9.85. The molecule has 0 aliphatic carbocycles. The Labute approximate surface area is 212 Å². The number of carbonyl (C=O) groups is 1. The maximum absolute atomic E-state index is 15.5. The first-order valence-electron chi connectivity index (χ1n) is 12.9. The molecule has 1 saturated heterocycles. The molecule has 0 saturated carbocycles. The van der Waals surface area contributed by atoms with E-state index in [2.05, 4.69) is 20.9 Å². The number of unbranched alkanes of at least 4 members (excludes halogenated alkanes) is 1. The van der Waals surface area contributed by atoms with Crippen LogP contribution in [0.15, 0.2) is 55.0 Å². The summed E-state index contributed by atoms with van der Waals surface area (Å²) in [6.45, 7) is 2.69. The van der Waals surface area contributed by atoms with Gasteiger partial charge in [-0.3, -0.25) is 14.8 Å². The number of nitrogens with zero attached hydrogens (tertiary/aromatic N) is 3. The molecule has 3 aromatic rings. The Morgan fingerprint density at radius 3 is 2.89 bits per heavy atom. The van der Waals surface area contributed by atoms with E-state index in [1.165, 1.54) is 5.56 Å². The molecule has 1 aliphatic rings. The van der Waals surface area contributed by atoms with Gasteiger partial charge in [-0.2, -0.15) is 0 Å². The zero-order valence-electron chi connectivity index (χ0n) is 21.0. The Balaban J connectivity index is 1.31. The van der Waals surface area contributed by atoms with Crippen molar-refractivity contribution in [2.24, 2.45) is 11.8 Å². The lowest BCUT2D eigenvalue weighted by Crippen LogP contribution is -2.41. The summed E-state index contributed by atoms with van der Waals surface area (Å²) in [6.07, 6.45) is 9.51. The lowest BCUT2D eigenvalue weighted by atomic mass is 9.79. The number of carboxylic acids is 1. The molecular weight excluding hydrogens is 457 g/mol. The molecule has 0 radical (unpaired) electrons. The highest BCUT2D eigenvalue weighted by atomic mass is 19.1. The summed E-state index contributed by atoms with van der Waals surface area (Å²) in [5.41, 5.74) is 2.62. The lowest BCUT2D eigenvalue weighted by molar-refractivity contribution is -0.139. The quantitative estimate of drug-likeness (QED) is 0.318. The van der Waals surface area contributed by atoms with Crippen LogP contribution in [0.2, 0.25) is 0 Å². The fourth-order valence-electron chi connectivity index (χ4n) is 5.47. The van der Waals surface area contributed by atoms with Crippen molar-refractivity contribution in [3.63, 3.8) is 0 Å². The van der Waals surface area contributed by atoms with Gasteiger partial charge in [0.15, 0.2) is 0 Å². The monoisotopic (exact) mass is 493 g/mol. The second kappa shape index (κ2) is 12.8. The normalized spacial score (nSPS) is 19.3. The topological polar surface area (TPSA) is 75.5 Å². The van der Waals surface area contributed by atoms with Crippen LogP contribution in [-0.2, 0) is 11.2 Å². The van der Waals surface area contributed by atoms with Crippen LogP contribution in [0.5, 0.6) is 5.75 Å². The predicted octanol–water partition coefficient (Wildman–Crippen LogP) is 5.86. The van der Waals surface area contributed by atoms with Crippen LogP contribution in [0.25, 0.3) is 10.9 Å². The molecule has 3 heterocycles. The average molecular weight is 494 g/mol. The summed E-state index contributed by atoms with van der Waals surface area (Å²) in [6, 6.07) is 11.3. The molecule has 1 fully saturated rings. The van der Waals surface area contributed by atoms with Crippen LogP contribution in [0, 0.1) is 11.8 Å². The van der Waals surface area contributed by atoms with E-state index in [-0.39, 0.29) is 18.3 Å². The van der Waals surface area contributed by atoms with Gasteiger partial charge in [0.2, 0.25) is 0 Å². The molecule has 1 aliphatic heterocycles. The average Bonchev–Trinajstić information content (AvgIpc) is 2.90. The number of hydrogen-bond acceptors (Lipinski definition) is 5. The number of aliphatic carboxylic acids is 1. The van der Waals surface area contributed by atoms with Gasteiger partial charge in [-0.15, -0.1) is 0 Å². The van der Waals surface area contributed by atoms with Crippen LogP contribution < -0.4 is 4.74 Å². The van der Waals surface area contributed by atoms with Gasteiger partial charge in [-0.05, 0) is 105 Å². The summed E-state index contributed by atoms with van der Waals surface area (Å²) in [5.74, 6) is 0.176. The minimum absolute atomic E-state index is 0.0519. The number of carboxylic acid groups (broad SMARTS) is 1. The number of fused-ring (bicyclic) bond motifs is 1. The number of ether oxygens (including phenoxy) is 1. The largest absolute Gasteiger partial charge is 0.497 e. The molecule has 3 atom stereocenters. The third-order valence-electron chi connectivity index (χ3n) is 7.44. The molecule has 192 valence electrons. The SMILES string of the molecule is COc1ccc2nccc([C@@H](F)CC[C@@H]3CCN(CCCCc4cccnc4)C[C@@H]3CC(=O)O)c2c1. The van der Waals surface area contributed by atoms with Gasteiger partial charge in [-0.1, -0.05) is 6.07 Å². The van der Waals surface area contributed by atoms with Gasteiger partial charge >= 0.3 is 5.97 Å². The van der Waals surface area contributed by atoms with Crippen molar-refractivity contribution in [2.45, 2.75) is 51.1 Å². The van der Waals surface area contributed by atoms with Crippen LogP contribution in [0.1, 0.15) is 55.8 Å². The van der Waals surface area contributed by atoms with E-state index in [1.807, 2.05) is 30.5 Å². The number of rotatable bonds is 12. The van der Waals surface area contributed by atoms with Crippen molar-refractivity contribution in [1.29, 1.82) is 0 Å². The lowest BCUT2D eigenvalue weighted by Gasteiger charge is -2.38. The number of benzene rings is 1. The van der Waals surface area contributed by atoms with E-state index in [9.17, 15) is 9.90 Å². The Bertz CT molecular complexity index is 1130. The first-order valence-corrected chi connectivity index (χ1v) is 12.9. The van der Waals surface area contributed by atoms with Crippen molar-refractivity contribution >= 4 is 16.9 Å². The molecule has 0 bridgehead atoms. The number of aromatic nitrogens is 2. The zero-order valence-corrected chi connectivity index (χ0v) is 21.0. The summed E-state index contributed by atoms with van der Waals surface area (Å²) in [4.78, 5) is 22.5. The van der Waals surface area contributed by atoms with Crippen molar-refractivity contribution in [3.05, 3.63) is 66.1 Å². The molecule has 7 heteroatoms. The number of piperidine rings is 1. The van der Waals surface area contributed by atoms with Crippen molar-refractivity contribution in [2.75, 3.05) is 26.7 Å². The van der Waals surface area contributed by atoms with Crippen LogP contribution in [0.3, 0.4) is 0 Å². The maximum atomic E-state index is 15.5. The van der Waals surface area contributed by atoms with E-state index in [1.54, 1.807) is 25.6 Å². The molecule has 0 spiro atoms. The van der Waals surface area contributed by atoms with E-state index in [4.69, 9.17) is 4.74 Å². The maximum Gasteiger partial charge on any atom is 0.303 e. The Morgan fingerprint density at radius 2 is 2.11 bits per heavy atom. The highest BCUT2D eigenvalue weighted by Crippen LogP contribution is 2.36. The molecule has 0 unspecified atom stereocenters. The molecule has 2 aromatic heterocycles. The van der Waals surface area contributed by atoms with Gasteiger partial charge in [0, 0.05) is 36.9 Å². The van der Waals surface area contributed by atoms with Crippen molar-refractivity contribution in [1.82, 2.24) is 14.9 Å². The fourth-order valence-corrected chi connectivity index (χ4v) is 5.47. The van der Waals surface area contributed by atoms with Gasteiger partial charge in [-0.25, -0.2) is 4.39 Å². The minimum atomic E-state index is -1.13.